The Balaban J connectivity index is 0.00000372. The number of para-hydroxylation sites is 3. The van der Waals surface area contributed by atoms with E-state index in [4.69, 9.17) is 15.0 Å². The average Bonchev–Trinajstić information content (AvgIpc) is 3.84. The molecule has 0 aliphatic heterocycles. The van der Waals surface area contributed by atoms with Crippen molar-refractivity contribution in [3.63, 3.8) is 0 Å². The molecule has 258 valence electrons. The molecule has 0 fully saturated rings. The molecule has 5 nitrogen and oxygen atoms in total. The van der Waals surface area contributed by atoms with E-state index in [-0.39, 0.29) is 26.5 Å². The fraction of sp³-hybridized carbons (Fsp3) is 0.106. The molecule has 0 atom stereocenters. The van der Waals surface area contributed by atoms with Gasteiger partial charge in [-0.15, -0.1) is 34.8 Å². The first-order chi connectivity index (χ1) is 25.3. The fourth-order valence-electron chi connectivity index (χ4n) is 7.77. The molecule has 10 rings (SSSR count). The molecule has 4 aromatic heterocycles. The third kappa shape index (κ3) is 5.25. The van der Waals surface area contributed by atoms with Crippen LogP contribution < -0.4 is 4.98 Å². The second-order valence-electron chi connectivity index (χ2n) is 14.8. The van der Waals surface area contributed by atoms with Gasteiger partial charge in [0.2, 0.25) is 0 Å². The van der Waals surface area contributed by atoms with Crippen molar-refractivity contribution in [1.29, 1.82) is 0 Å². The van der Waals surface area contributed by atoms with Crippen molar-refractivity contribution in [2.45, 2.75) is 33.1 Å². The summed E-state index contributed by atoms with van der Waals surface area (Å²) in [5.74, 6) is 1.73. The summed E-state index contributed by atoms with van der Waals surface area (Å²) < 4.78 is 4.53. The van der Waals surface area contributed by atoms with E-state index in [1.54, 1.807) is 0 Å². The van der Waals surface area contributed by atoms with Crippen LogP contribution >= 0.6 is 0 Å². The molecular weight excluding hydrogens is 830 g/mol. The van der Waals surface area contributed by atoms with Crippen LogP contribution in [0.25, 0.3) is 88.7 Å². The summed E-state index contributed by atoms with van der Waals surface area (Å²) in [4.78, 5) is 15.5. The van der Waals surface area contributed by atoms with Gasteiger partial charge >= 0.3 is 21.1 Å². The molecule has 10 aromatic rings. The summed E-state index contributed by atoms with van der Waals surface area (Å²) in [6.45, 7) is 8.89. The predicted molar refractivity (Wildman–Crippen MR) is 215 cm³/mol. The van der Waals surface area contributed by atoms with E-state index in [2.05, 4.69) is 164 Å². The Hall–Kier alpha value is -5.77. The molecule has 0 saturated carbocycles. The quantitative estimate of drug-likeness (QED) is 0.166. The van der Waals surface area contributed by atoms with E-state index in [1.165, 1.54) is 16.5 Å². The van der Waals surface area contributed by atoms with Gasteiger partial charge in [-0.05, 0) is 76.0 Å². The predicted octanol–water partition coefficient (Wildman–Crippen LogP) is 11.5. The Bertz CT molecular complexity index is 3000. The summed E-state index contributed by atoms with van der Waals surface area (Å²) in [5, 5.41) is 4.62. The summed E-state index contributed by atoms with van der Waals surface area (Å²) >= 11 is 0. The van der Waals surface area contributed by atoms with Crippen LogP contribution in [-0.2, 0) is 26.5 Å². The Morgan fingerprint density at radius 3 is 2.23 bits per heavy atom. The van der Waals surface area contributed by atoms with Crippen LogP contribution in [0.4, 0.5) is 0 Å². The first-order valence-electron chi connectivity index (χ1n) is 17.8. The van der Waals surface area contributed by atoms with E-state index in [0.29, 0.717) is 0 Å². The molecular formula is C47H35N5Pt. The van der Waals surface area contributed by atoms with Crippen molar-refractivity contribution >= 4 is 54.6 Å². The standard InChI is InChI=1S/C47H35N5.Pt/c1-29-19-22-34-37-15-10-16-38(44(37)49-39(34)26-29)46-50-45-33(14-11-17-40(45)51(46)32-12-6-5-7-13-32)30-20-23-35-36-24-21-31(47(2,3)4)28-42(36)52(41(35)27-30)43-18-8-9-25-48-43;/h5-26,28H,1-4H3;/q-2;+2. The number of benzene rings is 6. The number of hydrogen-bond acceptors (Lipinski definition) is 2. The second kappa shape index (κ2) is 12.4. The molecule has 6 aromatic carbocycles. The van der Waals surface area contributed by atoms with Crippen LogP contribution in [0.2, 0.25) is 0 Å². The van der Waals surface area contributed by atoms with Gasteiger partial charge in [-0.2, -0.15) is 0 Å². The number of pyridine rings is 1. The van der Waals surface area contributed by atoms with Gasteiger partial charge in [-0.25, -0.2) is 9.97 Å². The summed E-state index contributed by atoms with van der Waals surface area (Å²) in [6, 6.07) is 51.1. The molecule has 0 bridgehead atoms. The first-order valence-corrected chi connectivity index (χ1v) is 17.8. The number of hydrogen-bond donors (Lipinski definition) is 0. The molecule has 0 aliphatic carbocycles. The van der Waals surface area contributed by atoms with Crippen LogP contribution in [0.15, 0.2) is 140 Å². The maximum absolute atomic E-state index is 5.50. The number of aryl methyl sites for hydroxylation is 1. The monoisotopic (exact) mass is 864 g/mol. The first kappa shape index (κ1) is 33.1. The minimum absolute atomic E-state index is 0. The smallest absolute Gasteiger partial charge is 0.656 e. The number of aromatic nitrogens is 5. The Kier molecular flexibility index (Phi) is 7.76. The molecule has 0 unspecified atom stereocenters. The van der Waals surface area contributed by atoms with Gasteiger partial charge in [0.1, 0.15) is 11.6 Å². The normalized spacial score (nSPS) is 12.0. The van der Waals surface area contributed by atoms with Crippen LogP contribution in [0.1, 0.15) is 31.9 Å². The van der Waals surface area contributed by atoms with Gasteiger partial charge < -0.3 is 9.55 Å². The molecule has 0 amide bonds. The van der Waals surface area contributed by atoms with Gasteiger partial charge in [0.25, 0.3) is 0 Å². The van der Waals surface area contributed by atoms with Gasteiger partial charge in [0, 0.05) is 23.0 Å². The van der Waals surface area contributed by atoms with E-state index in [9.17, 15) is 0 Å². The maximum atomic E-state index is 5.50. The summed E-state index contributed by atoms with van der Waals surface area (Å²) in [7, 11) is 0. The molecule has 0 saturated heterocycles. The van der Waals surface area contributed by atoms with E-state index < -0.39 is 0 Å². The zero-order valence-corrected chi connectivity index (χ0v) is 32.1. The molecule has 6 heteroatoms. The Morgan fingerprint density at radius 1 is 0.642 bits per heavy atom. The van der Waals surface area contributed by atoms with E-state index >= 15 is 0 Å². The number of fused-ring (bicyclic) bond motifs is 7. The third-order valence-corrected chi connectivity index (χ3v) is 10.4. The van der Waals surface area contributed by atoms with E-state index in [0.717, 1.165) is 83.3 Å². The fourth-order valence-corrected chi connectivity index (χ4v) is 7.77. The van der Waals surface area contributed by atoms with Crippen molar-refractivity contribution in [2.75, 3.05) is 0 Å². The molecule has 0 aliphatic rings. The summed E-state index contributed by atoms with van der Waals surface area (Å²) in [6.07, 6.45) is 1.86. The van der Waals surface area contributed by atoms with Crippen LogP contribution in [0.3, 0.4) is 0 Å². The van der Waals surface area contributed by atoms with Crippen molar-refractivity contribution in [3.8, 4) is 34.0 Å². The summed E-state index contributed by atoms with van der Waals surface area (Å²) in [5.41, 5.74) is 12.5. The number of nitrogens with zero attached hydrogens (tertiary/aromatic N) is 5. The van der Waals surface area contributed by atoms with Crippen LogP contribution in [0, 0.1) is 13.0 Å². The van der Waals surface area contributed by atoms with Crippen molar-refractivity contribution < 1.29 is 21.1 Å². The van der Waals surface area contributed by atoms with Crippen LogP contribution in [-0.4, -0.2) is 19.1 Å². The van der Waals surface area contributed by atoms with Gasteiger partial charge in [0.15, 0.2) is 0 Å². The minimum Gasteiger partial charge on any atom is -0.656 e. The van der Waals surface area contributed by atoms with Gasteiger partial charge in [0.05, 0.1) is 11.0 Å². The minimum atomic E-state index is 0. The third-order valence-electron chi connectivity index (χ3n) is 10.4. The average molecular weight is 865 g/mol. The zero-order chi connectivity index (χ0) is 35.1. The number of rotatable bonds is 4. The van der Waals surface area contributed by atoms with E-state index in [1.807, 2.05) is 18.3 Å². The molecule has 0 spiro atoms. The van der Waals surface area contributed by atoms with Gasteiger partial charge in [-0.3, -0.25) is 4.57 Å². The largest absolute Gasteiger partial charge is 2.00 e. The van der Waals surface area contributed by atoms with Crippen molar-refractivity contribution in [3.05, 3.63) is 157 Å². The Labute approximate surface area is 322 Å². The number of imidazole rings is 1. The van der Waals surface area contributed by atoms with Crippen molar-refractivity contribution in [2.24, 2.45) is 0 Å². The SMILES string of the molecule is Cc1ccc2c(c1)[n-]c1c(-c3nc4c(-c5[c-]c6c(cc5)c5ccc(C(C)(C)C)cc5n6-c5ccccn5)cccc4n3-c3ccccc3)cccc12.[Pt+2]. The second-order valence-corrected chi connectivity index (χ2v) is 14.8. The Morgan fingerprint density at radius 2 is 1.42 bits per heavy atom. The van der Waals surface area contributed by atoms with Crippen LogP contribution in [0.5, 0.6) is 0 Å². The van der Waals surface area contributed by atoms with Crippen molar-refractivity contribution in [1.82, 2.24) is 24.1 Å². The molecule has 53 heavy (non-hydrogen) atoms. The zero-order valence-electron chi connectivity index (χ0n) is 29.8. The molecule has 0 radical (unpaired) electrons. The topological polar surface area (TPSA) is 49.7 Å². The van der Waals surface area contributed by atoms with Gasteiger partial charge in [-0.1, -0.05) is 122 Å². The molecule has 4 heterocycles. The maximum Gasteiger partial charge on any atom is 2.00 e. The molecule has 0 N–H and O–H groups in total.